The summed E-state index contributed by atoms with van der Waals surface area (Å²) in [6.07, 6.45) is -47.4. The molecule has 0 radical (unpaired) electrons. The number of nitrogens with zero attached hydrogens (tertiary/aromatic N) is 1. The molecule has 0 aromatic carbocycles. The molecular weight excluding hydrogens is 1070 g/mol. The summed E-state index contributed by atoms with van der Waals surface area (Å²) in [4.78, 5) is 44.1. The molecule has 2 amide bonds. The largest absolute Gasteiger partial charge is 0.477 e. The second-order valence-corrected chi connectivity index (χ2v) is 20.2. The van der Waals surface area contributed by atoms with Crippen LogP contribution in [-0.4, -0.2) is 327 Å². The minimum absolute atomic E-state index is 0.132. The average molecular weight is 1150 g/mol. The van der Waals surface area contributed by atoms with E-state index in [0.29, 0.717) is 17.3 Å². The number of aliphatic hydroxyl groups is 15. The molecule has 5 rings (SSSR count). The maximum Gasteiger partial charge on any atom is 0.364 e. The maximum absolute atomic E-state index is 13.6. The molecule has 0 aliphatic carbocycles. The summed E-state index contributed by atoms with van der Waals surface area (Å²) >= 11 is 5.65. The van der Waals surface area contributed by atoms with Gasteiger partial charge in [-0.05, 0) is 5.75 Å². The molecule has 0 bridgehead atoms. The van der Waals surface area contributed by atoms with E-state index in [1.165, 1.54) is 23.9 Å². The van der Waals surface area contributed by atoms with Gasteiger partial charge in [0, 0.05) is 38.3 Å². The van der Waals surface area contributed by atoms with Crippen molar-refractivity contribution < 1.29 is 144 Å². The Morgan fingerprint density at radius 1 is 0.658 bits per heavy atom. The van der Waals surface area contributed by atoms with Crippen molar-refractivity contribution in [2.45, 2.75) is 179 Å². The molecule has 34 heteroatoms. The highest BCUT2D eigenvalue weighted by Gasteiger charge is 2.62. The van der Waals surface area contributed by atoms with Gasteiger partial charge in [0.05, 0.1) is 52.3 Å². The van der Waals surface area contributed by atoms with Gasteiger partial charge in [-0.3, -0.25) is 14.4 Å². The average Bonchev–Trinajstić information content (AvgIpc) is 3.39. The topological polar surface area (TPSA) is 494 Å². The Hall–Kier alpha value is -1.93. The number of amides is 2. The number of aliphatic hydroxyl groups excluding tert-OH is 15. The lowest BCUT2D eigenvalue weighted by molar-refractivity contribution is -0.404. The number of aliphatic carboxylic acids is 1. The lowest BCUT2D eigenvalue weighted by Gasteiger charge is -2.53. The van der Waals surface area contributed by atoms with Crippen molar-refractivity contribution in [1.29, 1.82) is 0 Å². The Balaban J connectivity index is 1.59. The minimum atomic E-state index is -3.33. The highest BCUT2D eigenvalue weighted by atomic mass is 32.2. The number of carbonyl (C=O) groups is 3. The molecule has 0 spiro atoms. The quantitative estimate of drug-likeness (QED) is 0.0229. The third kappa shape index (κ3) is 14.8. The van der Waals surface area contributed by atoms with Crippen LogP contribution in [0, 0.1) is 0 Å². The van der Waals surface area contributed by atoms with Crippen molar-refractivity contribution in [2.24, 2.45) is 0 Å². The van der Waals surface area contributed by atoms with Crippen LogP contribution in [0.5, 0.6) is 0 Å². The van der Waals surface area contributed by atoms with E-state index >= 15 is 0 Å². The Labute approximate surface area is 443 Å². The smallest absolute Gasteiger partial charge is 0.364 e. The summed E-state index contributed by atoms with van der Waals surface area (Å²) < 4.78 is 53.3. The number of hydrogen-bond acceptors (Lipinski definition) is 31. The minimum Gasteiger partial charge on any atom is -0.477 e. The molecule has 14 unspecified atom stereocenters. The molecule has 442 valence electrons. The molecule has 76 heavy (non-hydrogen) atoms. The lowest BCUT2D eigenvalue weighted by Crippen LogP contribution is -2.72. The maximum atomic E-state index is 13.6. The van der Waals surface area contributed by atoms with E-state index < -0.39 is 216 Å². The molecule has 5 heterocycles. The summed E-state index contributed by atoms with van der Waals surface area (Å²) in [5, 5.41) is 180. The van der Waals surface area contributed by atoms with Crippen LogP contribution in [0.3, 0.4) is 0 Å². The lowest BCUT2D eigenvalue weighted by atomic mass is 9.88. The van der Waals surface area contributed by atoms with Gasteiger partial charge in [0.15, 0.2) is 25.1 Å². The molecular formula is C42H73N3O29S2. The molecule has 26 atom stereocenters. The number of nitrogens with one attached hydrogen (secondary N) is 2. The highest BCUT2D eigenvalue weighted by Crippen LogP contribution is 2.41. The van der Waals surface area contributed by atoms with Crippen molar-refractivity contribution in [3.63, 3.8) is 0 Å². The highest BCUT2D eigenvalue weighted by molar-refractivity contribution is 8.00. The van der Waals surface area contributed by atoms with Gasteiger partial charge in [0.25, 0.3) is 5.79 Å². The van der Waals surface area contributed by atoms with Crippen LogP contribution in [0.15, 0.2) is 0 Å². The first-order chi connectivity index (χ1) is 36.0. The van der Waals surface area contributed by atoms with Gasteiger partial charge in [0.2, 0.25) is 11.8 Å². The Bertz CT molecular complexity index is 1830. The van der Waals surface area contributed by atoms with Gasteiger partial charge in [0.1, 0.15) is 116 Å². The first-order valence-corrected chi connectivity index (χ1v) is 25.8. The Kier molecular flexibility index (Phi) is 24.9. The number of carbonyl (C=O) groups excluding carboxylic acids is 2. The van der Waals surface area contributed by atoms with Crippen molar-refractivity contribution in [1.82, 2.24) is 15.7 Å². The number of rotatable bonds is 25. The normalized spacial score (nSPS) is 43.0. The van der Waals surface area contributed by atoms with Crippen LogP contribution in [0.1, 0.15) is 20.3 Å². The molecule has 5 aliphatic rings. The molecule has 5 aliphatic heterocycles. The number of thioether (sulfide) groups is 1. The third-order valence-electron chi connectivity index (χ3n) is 13.3. The van der Waals surface area contributed by atoms with Gasteiger partial charge < -0.3 is 135 Å². The molecule has 5 saturated heterocycles. The van der Waals surface area contributed by atoms with Gasteiger partial charge in [-0.15, -0.1) is 0 Å². The van der Waals surface area contributed by atoms with E-state index in [9.17, 15) is 96.1 Å². The summed E-state index contributed by atoms with van der Waals surface area (Å²) in [7, 11) is 1.26. The summed E-state index contributed by atoms with van der Waals surface area (Å²) in [6.45, 7) is -3.22. The molecule has 5 fully saturated rings. The SMILES string of the molecule is CON(CCSCCS)[C@@H]1OC(CO)[C@@H](O[C@@H]2OC(CO)[C@H](O[C@@H]3OC(CO)[C@H](O)C(O[C@@H]4OC(CO)[C@H](O)C(O)C4O)C3NC(C)=O)C(O[C@]3(C(=O)O)CC(O)[C@@H](NC(C)=O)C([C@H](O)[C@H](O)CO)O3)C2O)C(O)C1O. The number of ether oxygens (including phenoxy) is 9. The third-order valence-corrected chi connectivity index (χ3v) is 14.8. The fourth-order valence-corrected chi connectivity index (χ4v) is 10.4. The summed E-state index contributed by atoms with van der Waals surface area (Å²) in [5.74, 6) is -5.56. The molecule has 18 N–H and O–H groups in total. The number of hydroxylamine groups is 2. The van der Waals surface area contributed by atoms with Crippen molar-refractivity contribution in [3.8, 4) is 0 Å². The Morgan fingerprint density at radius 3 is 1.76 bits per heavy atom. The van der Waals surface area contributed by atoms with E-state index in [4.69, 9.17) is 47.5 Å². The number of carboxylic acids is 1. The second-order valence-electron chi connectivity index (χ2n) is 18.5. The van der Waals surface area contributed by atoms with Crippen LogP contribution in [0.2, 0.25) is 0 Å². The van der Waals surface area contributed by atoms with E-state index in [2.05, 4.69) is 23.3 Å². The summed E-state index contributed by atoms with van der Waals surface area (Å²) in [5.41, 5.74) is 0. The predicted molar refractivity (Wildman–Crippen MR) is 250 cm³/mol. The first-order valence-electron chi connectivity index (χ1n) is 24.0. The van der Waals surface area contributed by atoms with Crippen molar-refractivity contribution in [2.75, 3.05) is 63.9 Å². The Morgan fingerprint density at radius 2 is 1.20 bits per heavy atom. The van der Waals surface area contributed by atoms with Crippen LogP contribution < -0.4 is 10.6 Å². The molecule has 0 aromatic heterocycles. The fraction of sp³-hybridized carbons (Fsp3) is 0.929. The van der Waals surface area contributed by atoms with Crippen LogP contribution in [0.4, 0.5) is 0 Å². The van der Waals surface area contributed by atoms with Gasteiger partial charge in [-0.25, -0.2) is 4.79 Å². The van der Waals surface area contributed by atoms with Crippen molar-refractivity contribution in [3.05, 3.63) is 0 Å². The monoisotopic (exact) mass is 1150 g/mol. The van der Waals surface area contributed by atoms with Crippen LogP contribution >= 0.6 is 24.4 Å². The molecule has 0 aromatic rings. The summed E-state index contributed by atoms with van der Waals surface area (Å²) in [6, 6.07) is -3.59. The van der Waals surface area contributed by atoms with E-state index in [0.717, 1.165) is 13.8 Å². The van der Waals surface area contributed by atoms with Gasteiger partial charge in [-0.2, -0.15) is 29.5 Å². The zero-order chi connectivity index (χ0) is 56.5. The zero-order valence-corrected chi connectivity index (χ0v) is 43.0. The van der Waals surface area contributed by atoms with E-state index in [1.807, 2.05) is 0 Å². The number of hydrogen-bond donors (Lipinski definition) is 19. The van der Waals surface area contributed by atoms with Crippen LogP contribution in [-0.2, 0) is 61.9 Å². The predicted octanol–water partition coefficient (Wildman–Crippen LogP) is -10.9. The first kappa shape index (κ1) is 64.9. The van der Waals surface area contributed by atoms with Gasteiger partial charge in [-0.1, -0.05) is 0 Å². The van der Waals surface area contributed by atoms with Crippen molar-refractivity contribution >= 4 is 42.2 Å². The second kappa shape index (κ2) is 29.2. The fourth-order valence-electron chi connectivity index (χ4n) is 9.42. The number of thiol groups is 1. The van der Waals surface area contributed by atoms with E-state index in [1.54, 1.807) is 0 Å². The zero-order valence-electron chi connectivity index (χ0n) is 41.3. The molecule has 0 saturated carbocycles. The van der Waals surface area contributed by atoms with Crippen LogP contribution in [0.25, 0.3) is 0 Å². The number of carboxylic acid groups (broad SMARTS) is 1. The van der Waals surface area contributed by atoms with Gasteiger partial charge >= 0.3 is 5.97 Å². The molecule has 32 nitrogen and oxygen atoms in total. The standard InChI is InChI=1S/C42H73N3O29S2/c1-14(51)43-22-16(53)8-42(41(63)64,73-35(22)24(55)17(54)9-46)74-36-31(62)40(70-32-20(12-49)66-37(29(60)28(32)59)45(65-3)4-6-76-7-5-75)69-21(13-50)33(36)71-38-23(44-15(2)52)34(26(57)19(11-48)67-38)72-39-30(61)27(58)25(56)18(10-47)68-39/h16-40,46-50,53-62,75H,4-13H2,1-3H3,(H,43,51)(H,44,52)(H,63,64)/t16?,17-,18?,19?,20?,21?,22-,23?,24-,25+,26+,27?,28?,29?,30?,31?,32-,33+,34?,35?,36?,37-,38+,39+,40+,42+/m1/s1. The van der Waals surface area contributed by atoms with E-state index in [-0.39, 0.29) is 6.54 Å².